The van der Waals surface area contributed by atoms with E-state index in [0.29, 0.717) is 6.61 Å². The minimum absolute atomic E-state index is 0.0297. The Kier molecular flexibility index (Phi) is 5.97. The minimum atomic E-state index is -0.792. The fourth-order valence-electron chi connectivity index (χ4n) is 5.41. The lowest BCUT2D eigenvalue weighted by Crippen LogP contribution is -2.10. The van der Waals surface area contributed by atoms with E-state index in [-0.39, 0.29) is 6.42 Å². The summed E-state index contributed by atoms with van der Waals surface area (Å²) in [4.78, 5) is 16.6. The molecule has 0 saturated heterocycles. The number of carbonyl (C=O) groups is 1. The number of benzene rings is 3. The molecule has 0 bridgehead atoms. The number of aryl methyl sites for hydroxylation is 1. The Balaban J connectivity index is 0.000000464. The second kappa shape index (κ2) is 8.97. The van der Waals surface area contributed by atoms with Gasteiger partial charge in [0.05, 0.1) is 24.1 Å². The van der Waals surface area contributed by atoms with Crippen molar-refractivity contribution in [2.45, 2.75) is 58.5 Å². The van der Waals surface area contributed by atoms with E-state index in [1.165, 1.54) is 22.1 Å². The molecule has 0 amide bonds. The van der Waals surface area contributed by atoms with E-state index >= 15 is 0 Å². The molecule has 0 radical (unpaired) electrons. The molecular weight excluding hydrogens is 438 g/mol. The fourth-order valence-corrected chi connectivity index (χ4v) is 5.41. The molecule has 2 aliphatic rings. The lowest BCUT2D eigenvalue weighted by Gasteiger charge is -2.22. The number of pyridine rings is 1. The Morgan fingerprint density at radius 1 is 1.00 bits per heavy atom. The number of carboxylic acids is 1. The monoisotopic (exact) mass is 469 g/mol. The summed E-state index contributed by atoms with van der Waals surface area (Å²) in [6, 6.07) is 14.6. The second-order valence-electron chi connectivity index (χ2n) is 10.4. The van der Waals surface area contributed by atoms with Crippen LogP contribution < -0.4 is 4.74 Å². The van der Waals surface area contributed by atoms with Crippen molar-refractivity contribution in [2.75, 3.05) is 6.61 Å². The van der Waals surface area contributed by atoms with E-state index in [2.05, 4.69) is 30.3 Å². The van der Waals surface area contributed by atoms with Crippen LogP contribution in [-0.2, 0) is 30.5 Å². The van der Waals surface area contributed by atoms with Crippen LogP contribution in [0.3, 0.4) is 0 Å². The number of hydrogen-bond donors (Lipinski definition) is 2. The number of rotatable bonds is 3. The van der Waals surface area contributed by atoms with Crippen LogP contribution >= 0.6 is 0 Å². The van der Waals surface area contributed by atoms with Crippen LogP contribution in [0.4, 0.5) is 0 Å². The van der Waals surface area contributed by atoms with Gasteiger partial charge in [-0.3, -0.25) is 9.78 Å². The van der Waals surface area contributed by atoms with Crippen molar-refractivity contribution in [3.8, 4) is 16.9 Å². The predicted molar refractivity (Wildman–Crippen MR) is 139 cm³/mol. The first-order valence-electron chi connectivity index (χ1n) is 12.3. The van der Waals surface area contributed by atoms with Crippen LogP contribution in [0.15, 0.2) is 48.7 Å². The number of ether oxygens (including phenoxy) is 1. The van der Waals surface area contributed by atoms with Crippen molar-refractivity contribution in [1.82, 2.24) is 4.98 Å². The second-order valence-corrected chi connectivity index (χ2v) is 10.4. The summed E-state index contributed by atoms with van der Waals surface area (Å²) >= 11 is 0. The highest BCUT2D eigenvalue weighted by Gasteiger charge is 2.26. The molecule has 2 heterocycles. The highest BCUT2D eigenvalue weighted by molar-refractivity contribution is 6.09. The summed E-state index contributed by atoms with van der Waals surface area (Å²) in [5, 5.41) is 21.7. The molecule has 0 spiro atoms. The molecule has 1 aliphatic heterocycles. The molecule has 4 aromatic rings. The highest BCUT2D eigenvalue weighted by Crippen LogP contribution is 2.45. The van der Waals surface area contributed by atoms with Gasteiger partial charge in [0.15, 0.2) is 0 Å². The van der Waals surface area contributed by atoms with Gasteiger partial charge in [-0.15, -0.1) is 0 Å². The number of nitrogens with zero attached hydrogens (tertiary/aromatic N) is 1. The molecule has 0 unspecified atom stereocenters. The molecular formula is C30H31NO4. The number of aromatic nitrogens is 1. The maximum absolute atomic E-state index is 11.9. The molecule has 35 heavy (non-hydrogen) atoms. The number of hydrogen-bond acceptors (Lipinski definition) is 4. The van der Waals surface area contributed by atoms with Crippen molar-refractivity contribution in [3.05, 3.63) is 70.9 Å². The molecule has 3 aromatic carbocycles. The van der Waals surface area contributed by atoms with E-state index in [0.717, 1.165) is 64.4 Å². The van der Waals surface area contributed by atoms with Gasteiger partial charge in [0, 0.05) is 23.6 Å². The normalized spacial score (nSPS) is 14.3. The van der Waals surface area contributed by atoms with Gasteiger partial charge in [-0.25, -0.2) is 0 Å². The molecule has 6 rings (SSSR count). The quantitative estimate of drug-likeness (QED) is 0.392. The molecule has 0 saturated carbocycles. The topological polar surface area (TPSA) is 79.7 Å². The molecule has 5 nitrogen and oxygen atoms in total. The Morgan fingerprint density at radius 2 is 1.71 bits per heavy atom. The largest absolute Gasteiger partial charge is 0.493 e. The van der Waals surface area contributed by atoms with Gasteiger partial charge in [0.2, 0.25) is 0 Å². The van der Waals surface area contributed by atoms with E-state index in [1.54, 1.807) is 20.8 Å². The highest BCUT2D eigenvalue weighted by atomic mass is 16.5. The van der Waals surface area contributed by atoms with Gasteiger partial charge in [0.25, 0.3) is 0 Å². The van der Waals surface area contributed by atoms with Crippen molar-refractivity contribution in [1.29, 1.82) is 0 Å². The Bertz CT molecular complexity index is 1430. The Morgan fingerprint density at radius 3 is 2.46 bits per heavy atom. The third kappa shape index (κ3) is 4.48. The van der Waals surface area contributed by atoms with Crippen LogP contribution in [-0.4, -0.2) is 33.4 Å². The molecule has 1 aliphatic carbocycles. The lowest BCUT2D eigenvalue weighted by atomic mass is 9.84. The maximum Gasteiger partial charge on any atom is 0.307 e. The van der Waals surface area contributed by atoms with Crippen LogP contribution in [0.5, 0.6) is 5.75 Å². The maximum atomic E-state index is 11.9. The standard InChI is InChI=1S/C26H21NO3.C4H10O/c28-23(29)14-21-18-7-3-6-16(18)17-4-1-2-5-19(17)25(21)20-8-9-22-24-15(11-13-30-22)10-12-27-26(20)24;1-4(2,3)5/h1-2,4-5,8-10,12H,3,6-7,11,13-14H2,(H,28,29);5H,1-3H3. The summed E-state index contributed by atoms with van der Waals surface area (Å²) in [6.07, 6.45) is 5.78. The number of fused-ring (bicyclic) bond motifs is 3. The third-order valence-corrected chi connectivity index (χ3v) is 6.57. The fraction of sp³-hybridized carbons (Fsp3) is 0.333. The molecule has 0 atom stereocenters. The molecule has 5 heteroatoms. The third-order valence-electron chi connectivity index (χ3n) is 6.57. The smallest absolute Gasteiger partial charge is 0.307 e. The Hall–Kier alpha value is -3.44. The molecule has 2 N–H and O–H groups in total. The van der Waals surface area contributed by atoms with Gasteiger partial charge in [-0.05, 0) is 96.8 Å². The van der Waals surface area contributed by atoms with Gasteiger partial charge in [-0.2, -0.15) is 0 Å². The summed E-state index contributed by atoms with van der Waals surface area (Å²) < 4.78 is 5.91. The predicted octanol–water partition coefficient (Wildman–Crippen LogP) is 5.88. The van der Waals surface area contributed by atoms with Gasteiger partial charge < -0.3 is 14.9 Å². The SMILES string of the molecule is CC(C)(C)O.O=C(O)Cc1c2c(c3ccccc3c1-c1ccc3c4c(ccnc14)CCO3)CCC2. The van der Waals surface area contributed by atoms with E-state index in [4.69, 9.17) is 14.8 Å². The van der Waals surface area contributed by atoms with Crippen LogP contribution in [0.1, 0.15) is 49.4 Å². The van der Waals surface area contributed by atoms with Crippen LogP contribution in [0.25, 0.3) is 32.8 Å². The van der Waals surface area contributed by atoms with Crippen molar-refractivity contribution in [3.63, 3.8) is 0 Å². The van der Waals surface area contributed by atoms with Crippen LogP contribution in [0.2, 0.25) is 0 Å². The zero-order chi connectivity index (χ0) is 24.7. The first-order valence-corrected chi connectivity index (χ1v) is 12.3. The Labute approximate surface area is 205 Å². The molecule has 0 fully saturated rings. The molecule has 180 valence electrons. The van der Waals surface area contributed by atoms with E-state index in [1.807, 2.05) is 18.3 Å². The average Bonchev–Trinajstić information content (AvgIpc) is 3.30. The van der Waals surface area contributed by atoms with Gasteiger partial charge in [0.1, 0.15) is 5.75 Å². The van der Waals surface area contributed by atoms with E-state index < -0.39 is 11.6 Å². The zero-order valence-corrected chi connectivity index (χ0v) is 20.5. The van der Waals surface area contributed by atoms with Crippen molar-refractivity contribution in [2.24, 2.45) is 0 Å². The van der Waals surface area contributed by atoms with E-state index in [9.17, 15) is 9.90 Å². The summed E-state index contributed by atoms with van der Waals surface area (Å²) in [5.41, 5.74) is 7.17. The molecule has 1 aromatic heterocycles. The zero-order valence-electron chi connectivity index (χ0n) is 20.5. The summed E-state index contributed by atoms with van der Waals surface area (Å²) in [7, 11) is 0. The minimum Gasteiger partial charge on any atom is -0.493 e. The first kappa shape index (κ1) is 23.3. The lowest BCUT2D eigenvalue weighted by molar-refractivity contribution is -0.136. The number of aliphatic hydroxyl groups is 1. The van der Waals surface area contributed by atoms with Crippen molar-refractivity contribution >= 4 is 27.6 Å². The van der Waals surface area contributed by atoms with Crippen molar-refractivity contribution < 1.29 is 19.7 Å². The first-order chi connectivity index (χ1) is 16.7. The number of carboxylic acid groups (broad SMARTS) is 1. The van der Waals surface area contributed by atoms with Gasteiger partial charge >= 0.3 is 5.97 Å². The summed E-state index contributed by atoms with van der Waals surface area (Å²) in [6.45, 7) is 5.91. The van der Waals surface area contributed by atoms with Gasteiger partial charge in [-0.1, -0.05) is 24.3 Å². The number of aliphatic carboxylic acids is 1. The van der Waals surface area contributed by atoms with Crippen LogP contribution in [0, 0.1) is 0 Å². The summed E-state index contributed by atoms with van der Waals surface area (Å²) in [5.74, 6) is 0.0769. The average molecular weight is 470 g/mol.